The molecule has 74 valence electrons. The first kappa shape index (κ1) is 8.42. The van der Waals surface area contributed by atoms with Crippen LogP contribution in [-0.2, 0) is 5.54 Å². The largest absolute Gasteiger partial charge is 0.307 e. The standard InChI is InChI=1S/C12H14FN/c13-11-4-2-1-3-10(11)12-7-9(8-12)5-6-14-12/h1-4,9,14H,5-8H2. The van der Waals surface area contributed by atoms with Gasteiger partial charge in [-0.05, 0) is 37.8 Å². The molecule has 1 aromatic rings. The van der Waals surface area contributed by atoms with Crippen LogP contribution in [0, 0.1) is 11.7 Å². The molecule has 2 heterocycles. The molecule has 2 bridgehead atoms. The predicted molar refractivity (Wildman–Crippen MR) is 53.4 cm³/mol. The lowest BCUT2D eigenvalue weighted by atomic mass is 9.61. The van der Waals surface area contributed by atoms with Crippen LogP contribution in [0.2, 0.25) is 0 Å². The summed E-state index contributed by atoms with van der Waals surface area (Å²) in [7, 11) is 0. The molecule has 2 heteroatoms. The summed E-state index contributed by atoms with van der Waals surface area (Å²) in [6.45, 7) is 1.04. The van der Waals surface area contributed by atoms with Gasteiger partial charge >= 0.3 is 0 Å². The van der Waals surface area contributed by atoms with Crippen molar-refractivity contribution in [1.82, 2.24) is 5.32 Å². The Bertz CT molecular complexity index is 350. The number of piperidine rings is 2. The number of halogens is 1. The Morgan fingerprint density at radius 2 is 2.07 bits per heavy atom. The lowest BCUT2D eigenvalue weighted by Crippen LogP contribution is -2.58. The van der Waals surface area contributed by atoms with Crippen LogP contribution in [0.15, 0.2) is 24.3 Å². The highest BCUT2D eigenvalue weighted by atomic mass is 19.1. The maximum atomic E-state index is 13.6. The Labute approximate surface area is 83.3 Å². The second-order valence-corrected chi connectivity index (χ2v) is 4.55. The first-order chi connectivity index (χ1) is 6.80. The van der Waals surface area contributed by atoms with E-state index in [0.717, 1.165) is 30.9 Å². The molecule has 0 radical (unpaired) electrons. The Balaban J connectivity index is 1.99. The van der Waals surface area contributed by atoms with Gasteiger partial charge in [0.05, 0.1) is 0 Å². The van der Waals surface area contributed by atoms with E-state index in [1.165, 1.54) is 6.42 Å². The average Bonchev–Trinajstić information content (AvgIpc) is 2.18. The predicted octanol–water partition coefficient (Wildman–Crippen LogP) is 2.42. The van der Waals surface area contributed by atoms with Crippen LogP contribution in [0.3, 0.4) is 0 Å². The monoisotopic (exact) mass is 191 g/mol. The van der Waals surface area contributed by atoms with E-state index < -0.39 is 0 Å². The summed E-state index contributed by atoms with van der Waals surface area (Å²) in [6, 6.07) is 7.17. The van der Waals surface area contributed by atoms with Gasteiger partial charge in [-0.1, -0.05) is 18.2 Å². The van der Waals surface area contributed by atoms with Gasteiger partial charge in [0, 0.05) is 11.1 Å². The number of hydrogen-bond acceptors (Lipinski definition) is 1. The first-order valence-electron chi connectivity index (χ1n) is 5.30. The molecule has 3 fully saturated rings. The number of fused-ring (bicyclic) bond motifs is 2. The molecule has 14 heavy (non-hydrogen) atoms. The van der Waals surface area contributed by atoms with Crippen LogP contribution < -0.4 is 5.32 Å². The van der Waals surface area contributed by atoms with Crippen molar-refractivity contribution in [3.05, 3.63) is 35.6 Å². The Kier molecular flexibility index (Phi) is 1.68. The smallest absolute Gasteiger partial charge is 0.128 e. The van der Waals surface area contributed by atoms with Crippen molar-refractivity contribution < 1.29 is 4.39 Å². The molecule has 1 nitrogen and oxygen atoms in total. The lowest BCUT2D eigenvalue weighted by Gasteiger charge is -2.53. The lowest BCUT2D eigenvalue weighted by molar-refractivity contribution is 0.0471. The third-order valence-electron chi connectivity index (χ3n) is 3.68. The summed E-state index contributed by atoms with van der Waals surface area (Å²) >= 11 is 0. The van der Waals surface area contributed by atoms with Crippen molar-refractivity contribution in [2.24, 2.45) is 5.92 Å². The first-order valence-corrected chi connectivity index (χ1v) is 5.30. The third kappa shape index (κ3) is 1.04. The molecule has 0 atom stereocenters. The van der Waals surface area contributed by atoms with E-state index in [1.54, 1.807) is 12.1 Å². The number of hydrogen-bond donors (Lipinski definition) is 1. The molecule has 4 rings (SSSR count). The minimum absolute atomic E-state index is 0.0196. The maximum absolute atomic E-state index is 13.6. The minimum Gasteiger partial charge on any atom is -0.307 e. The van der Waals surface area contributed by atoms with E-state index in [0.29, 0.717) is 0 Å². The van der Waals surface area contributed by atoms with E-state index >= 15 is 0 Å². The summed E-state index contributed by atoms with van der Waals surface area (Å²) in [5, 5.41) is 3.48. The fraction of sp³-hybridized carbons (Fsp3) is 0.500. The fourth-order valence-electron chi connectivity index (χ4n) is 2.95. The van der Waals surface area contributed by atoms with Crippen molar-refractivity contribution in [3.8, 4) is 0 Å². The number of nitrogens with one attached hydrogen (secondary N) is 1. The number of rotatable bonds is 1. The van der Waals surface area contributed by atoms with Crippen LogP contribution in [-0.4, -0.2) is 6.54 Å². The SMILES string of the molecule is Fc1ccccc1C12CC(CCN1)C2. The van der Waals surface area contributed by atoms with Crippen LogP contribution in [0.25, 0.3) is 0 Å². The Morgan fingerprint density at radius 1 is 1.29 bits per heavy atom. The van der Waals surface area contributed by atoms with Gasteiger partial charge in [-0.3, -0.25) is 0 Å². The highest BCUT2D eigenvalue weighted by molar-refractivity contribution is 5.30. The highest BCUT2D eigenvalue weighted by Gasteiger charge is 2.48. The van der Waals surface area contributed by atoms with Gasteiger partial charge in [0.2, 0.25) is 0 Å². The normalized spacial score (nSPS) is 35.1. The van der Waals surface area contributed by atoms with Gasteiger partial charge < -0.3 is 5.32 Å². The van der Waals surface area contributed by atoms with Gasteiger partial charge in [0.1, 0.15) is 5.82 Å². The molecule has 2 aliphatic heterocycles. The van der Waals surface area contributed by atoms with E-state index in [1.807, 2.05) is 12.1 Å². The summed E-state index contributed by atoms with van der Waals surface area (Å²) in [4.78, 5) is 0. The summed E-state index contributed by atoms with van der Waals surface area (Å²) < 4.78 is 13.6. The van der Waals surface area contributed by atoms with Crippen LogP contribution in [0.4, 0.5) is 4.39 Å². The molecule has 0 spiro atoms. The van der Waals surface area contributed by atoms with Gasteiger partial charge in [0.25, 0.3) is 0 Å². The van der Waals surface area contributed by atoms with Gasteiger partial charge in [-0.2, -0.15) is 0 Å². The molecule has 0 aromatic heterocycles. The Hall–Kier alpha value is -0.890. The van der Waals surface area contributed by atoms with Crippen molar-refractivity contribution in [2.75, 3.05) is 6.54 Å². The zero-order valence-electron chi connectivity index (χ0n) is 8.09. The minimum atomic E-state index is -0.0552. The average molecular weight is 191 g/mol. The van der Waals surface area contributed by atoms with Crippen molar-refractivity contribution in [3.63, 3.8) is 0 Å². The van der Waals surface area contributed by atoms with E-state index in [-0.39, 0.29) is 11.4 Å². The fourth-order valence-corrected chi connectivity index (χ4v) is 2.95. The molecular formula is C12H14FN. The van der Waals surface area contributed by atoms with Gasteiger partial charge in [-0.15, -0.1) is 0 Å². The quantitative estimate of drug-likeness (QED) is 0.718. The van der Waals surface area contributed by atoms with E-state index in [9.17, 15) is 4.39 Å². The zero-order chi connectivity index (χ0) is 9.60. The molecule has 0 amide bonds. The van der Waals surface area contributed by atoms with Crippen LogP contribution >= 0.6 is 0 Å². The van der Waals surface area contributed by atoms with Gasteiger partial charge in [0.15, 0.2) is 0 Å². The zero-order valence-corrected chi connectivity index (χ0v) is 8.09. The molecule has 3 aliphatic rings. The summed E-state index contributed by atoms with van der Waals surface area (Å²) in [6.07, 6.45) is 3.50. The van der Waals surface area contributed by atoms with Crippen molar-refractivity contribution in [2.45, 2.75) is 24.8 Å². The van der Waals surface area contributed by atoms with Gasteiger partial charge in [-0.25, -0.2) is 4.39 Å². The highest BCUT2D eigenvalue weighted by Crippen LogP contribution is 2.50. The summed E-state index contributed by atoms with van der Waals surface area (Å²) in [5.74, 6) is 0.774. The van der Waals surface area contributed by atoms with E-state index in [2.05, 4.69) is 5.32 Å². The van der Waals surface area contributed by atoms with Crippen molar-refractivity contribution in [1.29, 1.82) is 0 Å². The van der Waals surface area contributed by atoms with Crippen LogP contribution in [0.5, 0.6) is 0 Å². The molecule has 1 aliphatic carbocycles. The van der Waals surface area contributed by atoms with Crippen molar-refractivity contribution >= 4 is 0 Å². The molecule has 1 aromatic carbocycles. The Morgan fingerprint density at radius 3 is 2.71 bits per heavy atom. The second-order valence-electron chi connectivity index (χ2n) is 4.55. The molecule has 1 N–H and O–H groups in total. The van der Waals surface area contributed by atoms with E-state index in [4.69, 9.17) is 0 Å². The second kappa shape index (κ2) is 2.80. The topological polar surface area (TPSA) is 12.0 Å². The summed E-state index contributed by atoms with van der Waals surface area (Å²) in [5.41, 5.74) is 0.852. The molecular weight excluding hydrogens is 177 g/mol. The molecule has 1 saturated carbocycles. The molecule has 2 saturated heterocycles. The molecule has 0 unspecified atom stereocenters. The van der Waals surface area contributed by atoms with Crippen LogP contribution in [0.1, 0.15) is 24.8 Å². The number of benzene rings is 1. The third-order valence-corrected chi connectivity index (χ3v) is 3.68. The maximum Gasteiger partial charge on any atom is 0.128 e.